The highest BCUT2D eigenvalue weighted by Gasteiger charge is 2.50. The highest BCUT2D eigenvalue weighted by Crippen LogP contribution is 2.47. The largest absolute Gasteiger partial charge is 0.497 e. The molecule has 1 N–H and O–H groups in total. The van der Waals surface area contributed by atoms with Crippen molar-refractivity contribution in [2.45, 2.75) is 5.67 Å². The first-order valence-corrected chi connectivity index (χ1v) is 7.28. The number of alkyl halides is 1. The van der Waals surface area contributed by atoms with E-state index < -0.39 is 11.6 Å². The summed E-state index contributed by atoms with van der Waals surface area (Å²) >= 11 is 9.40. The smallest absolute Gasteiger partial charge is 0.271 e. The van der Waals surface area contributed by atoms with Gasteiger partial charge < -0.3 is 10.1 Å². The van der Waals surface area contributed by atoms with Crippen LogP contribution in [-0.4, -0.2) is 13.0 Å². The van der Waals surface area contributed by atoms with Gasteiger partial charge in [0.2, 0.25) is 5.67 Å². The van der Waals surface area contributed by atoms with Crippen molar-refractivity contribution in [3.8, 4) is 5.75 Å². The van der Waals surface area contributed by atoms with Gasteiger partial charge in [-0.05, 0) is 30.3 Å². The molecule has 1 atom stereocenters. The van der Waals surface area contributed by atoms with Crippen LogP contribution in [0.4, 0.5) is 10.1 Å². The second-order valence-corrected chi connectivity index (χ2v) is 5.97. The average Bonchev–Trinajstić information content (AvgIpc) is 2.71. The molecule has 2 aromatic carbocycles. The maximum absolute atomic E-state index is 15.6. The normalized spacial score (nSPS) is 20.1. The van der Waals surface area contributed by atoms with Crippen LogP contribution in [-0.2, 0) is 10.5 Å². The van der Waals surface area contributed by atoms with E-state index in [9.17, 15) is 4.79 Å². The van der Waals surface area contributed by atoms with Crippen LogP contribution < -0.4 is 10.1 Å². The number of hydrogen-bond acceptors (Lipinski definition) is 2. The molecule has 1 amide bonds. The molecule has 3 nitrogen and oxygen atoms in total. The van der Waals surface area contributed by atoms with Crippen LogP contribution >= 0.6 is 27.5 Å². The Labute approximate surface area is 134 Å². The van der Waals surface area contributed by atoms with Gasteiger partial charge >= 0.3 is 0 Å². The summed E-state index contributed by atoms with van der Waals surface area (Å²) < 4.78 is 21.4. The summed E-state index contributed by atoms with van der Waals surface area (Å²) in [5.41, 5.74) is -1.59. The molecule has 1 heterocycles. The molecule has 0 radical (unpaired) electrons. The number of carbonyl (C=O) groups excluding carboxylic acids is 1. The lowest BCUT2D eigenvalue weighted by Gasteiger charge is -2.20. The molecule has 2 aromatic rings. The third kappa shape index (κ3) is 2.12. The fourth-order valence-corrected chi connectivity index (χ4v) is 3.02. The molecule has 3 rings (SSSR count). The first kappa shape index (κ1) is 14.4. The Bertz CT molecular complexity index is 752. The molecule has 6 heteroatoms. The number of nitrogens with one attached hydrogen (secondary N) is 1. The monoisotopic (exact) mass is 369 g/mol. The van der Waals surface area contributed by atoms with E-state index in [4.69, 9.17) is 16.3 Å². The molecule has 21 heavy (non-hydrogen) atoms. The van der Waals surface area contributed by atoms with Crippen LogP contribution in [0.3, 0.4) is 0 Å². The van der Waals surface area contributed by atoms with Crippen molar-refractivity contribution in [2.24, 2.45) is 0 Å². The summed E-state index contributed by atoms with van der Waals surface area (Å²) in [5.74, 6) is -0.324. The average molecular weight is 371 g/mol. The molecule has 0 bridgehead atoms. The number of fused-ring (bicyclic) bond motifs is 1. The third-order valence-electron chi connectivity index (χ3n) is 3.46. The van der Waals surface area contributed by atoms with E-state index in [-0.39, 0.29) is 16.1 Å². The number of hydrogen-bond donors (Lipinski definition) is 1. The first-order chi connectivity index (χ1) is 9.96. The third-order valence-corrected chi connectivity index (χ3v) is 4.28. The molecule has 0 saturated carbocycles. The lowest BCUT2D eigenvalue weighted by Crippen LogP contribution is -2.31. The summed E-state index contributed by atoms with van der Waals surface area (Å²) in [5, 5.41) is 2.72. The van der Waals surface area contributed by atoms with Crippen molar-refractivity contribution < 1.29 is 13.9 Å². The number of ether oxygens (including phenoxy) is 1. The zero-order valence-corrected chi connectivity index (χ0v) is 13.3. The lowest BCUT2D eigenvalue weighted by atomic mass is 9.89. The Morgan fingerprint density at radius 2 is 2.00 bits per heavy atom. The van der Waals surface area contributed by atoms with Gasteiger partial charge in [-0.3, -0.25) is 4.79 Å². The number of amides is 1. The van der Waals surface area contributed by atoms with Gasteiger partial charge in [-0.1, -0.05) is 33.6 Å². The summed E-state index contributed by atoms with van der Waals surface area (Å²) in [7, 11) is 1.47. The Hall–Kier alpha value is -1.59. The Balaban J connectivity index is 2.24. The zero-order valence-electron chi connectivity index (χ0n) is 10.9. The zero-order chi connectivity index (χ0) is 15.2. The van der Waals surface area contributed by atoms with Crippen molar-refractivity contribution in [2.75, 3.05) is 12.4 Å². The van der Waals surface area contributed by atoms with Gasteiger partial charge in [-0.25, -0.2) is 4.39 Å². The molecular weight excluding hydrogens is 361 g/mol. The number of anilines is 1. The maximum Gasteiger partial charge on any atom is 0.271 e. The second-order valence-electron chi connectivity index (χ2n) is 4.65. The minimum absolute atomic E-state index is 0.0714. The van der Waals surface area contributed by atoms with Crippen LogP contribution in [0.1, 0.15) is 11.1 Å². The molecule has 0 saturated heterocycles. The molecule has 0 spiro atoms. The van der Waals surface area contributed by atoms with Crippen LogP contribution in [0.25, 0.3) is 0 Å². The fraction of sp³-hybridized carbons (Fsp3) is 0.133. The number of methoxy groups -OCH3 is 1. The second kappa shape index (κ2) is 5.00. The van der Waals surface area contributed by atoms with Gasteiger partial charge in [-0.15, -0.1) is 0 Å². The van der Waals surface area contributed by atoms with E-state index in [0.717, 1.165) is 4.47 Å². The number of rotatable bonds is 2. The fourth-order valence-electron chi connectivity index (χ4n) is 2.41. The summed E-state index contributed by atoms with van der Waals surface area (Å²) in [6, 6.07) is 9.47. The molecule has 0 aromatic heterocycles. The van der Waals surface area contributed by atoms with Gasteiger partial charge in [-0.2, -0.15) is 0 Å². The van der Waals surface area contributed by atoms with E-state index in [0.29, 0.717) is 11.4 Å². The molecule has 1 unspecified atom stereocenters. The standard InChI is InChI=1S/C15H10BrClFNO2/c1-21-9-3-5-12(17)11(7-9)15(18)10-4-2-8(16)6-13(10)19-14(15)20/h2-7H,1H3,(H,19,20). The van der Waals surface area contributed by atoms with Gasteiger partial charge in [0.1, 0.15) is 5.75 Å². The Kier molecular flexibility index (Phi) is 3.42. The van der Waals surface area contributed by atoms with Crippen molar-refractivity contribution >= 4 is 39.1 Å². The Morgan fingerprint density at radius 3 is 2.71 bits per heavy atom. The number of benzene rings is 2. The predicted octanol–water partition coefficient (Wildman–Crippen LogP) is 4.28. The highest BCUT2D eigenvalue weighted by atomic mass is 79.9. The minimum atomic E-state index is -2.33. The Morgan fingerprint density at radius 1 is 1.24 bits per heavy atom. The van der Waals surface area contributed by atoms with Gasteiger partial charge in [0.05, 0.1) is 7.11 Å². The van der Waals surface area contributed by atoms with E-state index in [1.807, 2.05) is 0 Å². The maximum atomic E-state index is 15.6. The van der Waals surface area contributed by atoms with E-state index in [2.05, 4.69) is 21.2 Å². The summed E-state index contributed by atoms with van der Waals surface area (Å²) in [6.07, 6.45) is 0. The molecule has 108 valence electrons. The van der Waals surface area contributed by atoms with Crippen LogP contribution in [0, 0.1) is 0 Å². The van der Waals surface area contributed by atoms with Crippen LogP contribution in [0.5, 0.6) is 5.75 Å². The van der Waals surface area contributed by atoms with Gasteiger partial charge in [0.25, 0.3) is 5.91 Å². The SMILES string of the molecule is COc1ccc(Cl)c(C2(F)C(=O)Nc3cc(Br)ccc32)c1. The van der Waals surface area contributed by atoms with Crippen molar-refractivity contribution in [1.29, 1.82) is 0 Å². The topological polar surface area (TPSA) is 38.3 Å². The highest BCUT2D eigenvalue weighted by molar-refractivity contribution is 9.10. The summed E-state index contributed by atoms with van der Waals surface area (Å²) in [4.78, 5) is 12.2. The molecule has 0 fully saturated rings. The number of halogens is 3. The van der Waals surface area contributed by atoms with Crippen LogP contribution in [0.15, 0.2) is 40.9 Å². The molecule has 1 aliphatic rings. The van der Waals surface area contributed by atoms with Crippen molar-refractivity contribution in [3.63, 3.8) is 0 Å². The summed E-state index contributed by atoms with van der Waals surface area (Å²) in [6.45, 7) is 0. The quantitative estimate of drug-likeness (QED) is 0.857. The first-order valence-electron chi connectivity index (χ1n) is 6.11. The van der Waals surface area contributed by atoms with Crippen LogP contribution in [0.2, 0.25) is 5.02 Å². The number of carbonyl (C=O) groups is 1. The van der Waals surface area contributed by atoms with E-state index in [1.165, 1.54) is 19.2 Å². The predicted molar refractivity (Wildman–Crippen MR) is 82.7 cm³/mol. The molecule has 1 aliphatic heterocycles. The van der Waals surface area contributed by atoms with E-state index in [1.54, 1.807) is 24.3 Å². The van der Waals surface area contributed by atoms with Gasteiger partial charge in [0.15, 0.2) is 0 Å². The molecular formula is C15H10BrClFNO2. The molecule has 0 aliphatic carbocycles. The minimum Gasteiger partial charge on any atom is -0.497 e. The van der Waals surface area contributed by atoms with Crippen molar-refractivity contribution in [1.82, 2.24) is 0 Å². The van der Waals surface area contributed by atoms with Gasteiger partial charge in [0, 0.05) is 26.3 Å². The van der Waals surface area contributed by atoms with E-state index >= 15 is 4.39 Å². The van der Waals surface area contributed by atoms with Crippen molar-refractivity contribution in [3.05, 3.63) is 57.0 Å². The lowest BCUT2D eigenvalue weighted by molar-refractivity contribution is -0.124.